The third-order valence-electron chi connectivity index (χ3n) is 2.59. The van der Waals surface area contributed by atoms with Crippen molar-refractivity contribution in [2.24, 2.45) is 0 Å². The van der Waals surface area contributed by atoms with E-state index in [2.05, 4.69) is 28.3 Å². The zero-order valence-electron chi connectivity index (χ0n) is 9.71. The van der Waals surface area contributed by atoms with E-state index in [9.17, 15) is 0 Å². The van der Waals surface area contributed by atoms with Gasteiger partial charge in [0.05, 0.1) is 12.3 Å². The molecule has 0 aliphatic carbocycles. The van der Waals surface area contributed by atoms with Crippen LogP contribution in [0, 0.1) is 0 Å². The van der Waals surface area contributed by atoms with E-state index >= 15 is 0 Å². The van der Waals surface area contributed by atoms with E-state index in [1.165, 1.54) is 5.56 Å². The van der Waals surface area contributed by atoms with Gasteiger partial charge in [0.15, 0.2) is 0 Å². The topological polar surface area (TPSA) is 38.1 Å². The van der Waals surface area contributed by atoms with Gasteiger partial charge in [-0.2, -0.15) is 0 Å². The van der Waals surface area contributed by atoms with Crippen LogP contribution < -0.4 is 0 Å². The monoisotopic (exact) mass is 228 g/mol. The lowest BCUT2D eigenvalue weighted by Crippen LogP contribution is -2.03. The summed E-state index contributed by atoms with van der Waals surface area (Å²) in [5.74, 6) is 0.938. The Morgan fingerprint density at radius 3 is 2.71 bits per heavy atom. The molecule has 0 aliphatic heterocycles. The van der Waals surface area contributed by atoms with E-state index in [0.717, 1.165) is 12.4 Å². The summed E-state index contributed by atoms with van der Waals surface area (Å²) in [5.41, 5.74) is 1.93. The quantitative estimate of drug-likeness (QED) is 0.796. The molecule has 3 heteroatoms. The number of benzene rings is 1. The van der Waals surface area contributed by atoms with E-state index in [1.807, 2.05) is 30.5 Å². The van der Waals surface area contributed by atoms with E-state index < -0.39 is 0 Å². The van der Waals surface area contributed by atoms with E-state index in [1.54, 1.807) is 0 Å². The van der Waals surface area contributed by atoms with Gasteiger partial charge in [-0.1, -0.05) is 36.4 Å². The molecule has 1 heterocycles. The summed E-state index contributed by atoms with van der Waals surface area (Å²) in [4.78, 5) is 4.36. The van der Waals surface area contributed by atoms with Crippen LogP contribution in [-0.2, 0) is 19.6 Å². The Kier molecular flexibility index (Phi) is 3.73. The molecule has 1 N–H and O–H groups in total. The average molecular weight is 228 g/mol. The van der Waals surface area contributed by atoms with Crippen LogP contribution >= 0.6 is 0 Å². The minimum Gasteiger partial charge on any atom is -0.390 e. The first-order valence-electron chi connectivity index (χ1n) is 5.64. The summed E-state index contributed by atoms with van der Waals surface area (Å²) in [7, 11) is 0. The average Bonchev–Trinajstić information content (AvgIpc) is 2.74. The molecule has 0 fully saturated rings. The Labute approximate surface area is 101 Å². The molecule has 0 atom stereocenters. The maximum atomic E-state index is 9.11. The van der Waals surface area contributed by atoms with Gasteiger partial charge in [0.1, 0.15) is 5.82 Å². The lowest BCUT2D eigenvalue weighted by atomic mass is 10.2. The van der Waals surface area contributed by atoms with Crippen molar-refractivity contribution in [1.29, 1.82) is 0 Å². The molecular formula is C14H16N2O. The number of hydrogen-bond acceptors (Lipinski definition) is 2. The molecule has 1 aromatic heterocycles. The standard InChI is InChI=1S/C14H16N2O/c1-2-6-14-15-13(11-17)10-16(14)9-12-7-4-3-5-8-12/h2-5,7-8,10,17H,1,6,9,11H2. The molecule has 2 rings (SSSR count). The van der Waals surface area contributed by atoms with Crippen molar-refractivity contribution in [2.45, 2.75) is 19.6 Å². The van der Waals surface area contributed by atoms with Gasteiger partial charge < -0.3 is 9.67 Å². The molecule has 0 radical (unpaired) electrons. The first-order chi connectivity index (χ1) is 8.33. The van der Waals surface area contributed by atoms with Crippen molar-refractivity contribution < 1.29 is 5.11 Å². The van der Waals surface area contributed by atoms with E-state index in [0.29, 0.717) is 12.1 Å². The van der Waals surface area contributed by atoms with Crippen LogP contribution in [0.4, 0.5) is 0 Å². The Bertz CT molecular complexity index is 488. The van der Waals surface area contributed by atoms with Gasteiger partial charge in [0, 0.05) is 19.2 Å². The molecule has 88 valence electrons. The van der Waals surface area contributed by atoms with Gasteiger partial charge in [-0.3, -0.25) is 0 Å². The Balaban J connectivity index is 2.24. The van der Waals surface area contributed by atoms with Gasteiger partial charge in [-0.15, -0.1) is 6.58 Å². The lowest BCUT2D eigenvalue weighted by Gasteiger charge is -2.06. The molecule has 2 aromatic rings. The van der Waals surface area contributed by atoms with Crippen molar-refractivity contribution in [3.63, 3.8) is 0 Å². The normalized spacial score (nSPS) is 10.4. The molecule has 0 unspecified atom stereocenters. The second-order valence-electron chi connectivity index (χ2n) is 3.91. The SMILES string of the molecule is C=CCc1nc(CO)cn1Cc1ccccc1. The predicted octanol–water partition coefficient (Wildman–Crippen LogP) is 2.15. The molecule has 17 heavy (non-hydrogen) atoms. The highest BCUT2D eigenvalue weighted by atomic mass is 16.3. The molecule has 0 amide bonds. The maximum absolute atomic E-state index is 9.11. The number of allylic oxidation sites excluding steroid dienone is 1. The number of aliphatic hydroxyl groups excluding tert-OH is 1. The first-order valence-corrected chi connectivity index (χ1v) is 5.64. The summed E-state index contributed by atoms with van der Waals surface area (Å²) in [6, 6.07) is 10.2. The summed E-state index contributed by atoms with van der Waals surface area (Å²) in [5, 5.41) is 9.11. The van der Waals surface area contributed by atoms with Crippen LogP contribution in [0.1, 0.15) is 17.1 Å². The Hall–Kier alpha value is -1.87. The number of imidazole rings is 1. The van der Waals surface area contributed by atoms with E-state index in [-0.39, 0.29) is 6.61 Å². The van der Waals surface area contributed by atoms with Crippen molar-refractivity contribution in [2.75, 3.05) is 0 Å². The number of hydrogen-bond donors (Lipinski definition) is 1. The highest BCUT2D eigenvalue weighted by molar-refractivity contribution is 5.17. The van der Waals surface area contributed by atoms with Gasteiger partial charge in [0.2, 0.25) is 0 Å². The summed E-state index contributed by atoms with van der Waals surface area (Å²) >= 11 is 0. The van der Waals surface area contributed by atoms with E-state index in [4.69, 9.17) is 5.11 Å². The van der Waals surface area contributed by atoms with Crippen LogP contribution in [0.15, 0.2) is 49.2 Å². The number of nitrogens with zero attached hydrogens (tertiary/aromatic N) is 2. The lowest BCUT2D eigenvalue weighted by molar-refractivity contribution is 0.277. The van der Waals surface area contributed by atoms with Crippen LogP contribution in [0.3, 0.4) is 0 Å². The first kappa shape index (κ1) is 11.6. The maximum Gasteiger partial charge on any atom is 0.113 e. The molecule has 0 saturated carbocycles. The highest BCUT2D eigenvalue weighted by Gasteiger charge is 2.06. The fourth-order valence-electron chi connectivity index (χ4n) is 1.80. The number of aromatic nitrogens is 2. The van der Waals surface area contributed by atoms with Crippen molar-refractivity contribution in [3.8, 4) is 0 Å². The van der Waals surface area contributed by atoms with Crippen molar-refractivity contribution in [1.82, 2.24) is 9.55 Å². The molecule has 0 spiro atoms. The summed E-state index contributed by atoms with van der Waals surface area (Å²) in [6.45, 7) is 4.48. The van der Waals surface area contributed by atoms with Crippen molar-refractivity contribution >= 4 is 0 Å². The molecule has 0 bridgehead atoms. The molecule has 0 aliphatic rings. The smallest absolute Gasteiger partial charge is 0.113 e. The van der Waals surface area contributed by atoms with Crippen LogP contribution in [-0.4, -0.2) is 14.7 Å². The van der Waals surface area contributed by atoms with Crippen LogP contribution in [0.5, 0.6) is 0 Å². The highest BCUT2D eigenvalue weighted by Crippen LogP contribution is 2.09. The number of rotatable bonds is 5. The zero-order chi connectivity index (χ0) is 12.1. The van der Waals surface area contributed by atoms with Crippen molar-refractivity contribution in [3.05, 3.63) is 66.3 Å². The van der Waals surface area contributed by atoms with Gasteiger partial charge in [-0.05, 0) is 5.56 Å². The van der Waals surface area contributed by atoms with Gasteiger partial charge in [-0.25, -0.2) is 4.98 Å². The summed E-state index contributed by atoms with van der Waals surface area (Å²) < 4.78 is 2.06. The van der Waals surface area contributed by atoms with Gasteiger partial charge >= 0.3 is 0 Å². The molecule has 1 aromatic carbocycles. The third-order valence-corrected chi connectivity index (χ3v) is 2.59. The second kappa shape index (κ2) is 5.46. The third kappa shape index (κ3) is 2.82. The number of aliphatic hydroxyl groups is 1. The predicted molar refractivity (Wildman–Crippen MR) is 67.6 cm³/mol. The summed E-state index contributed by atoms with van der Waals surface area (Å²) in [6.07, 6.45) is 4.43. The van der Waals surface area contributed by atoms with Gasteiger partial charge in [0.25, 0.3) is 0 Å². The van der Waals surface area contributed by atoms with Crippen LogP contribution in [0.2, 0.25) is 0 Å². The Morgan fingerprint density at radius 2 is 2.06 bits per heavy atom. The zero-order valence-corrected chi connectivity index (χ0v) is 9.71. The largest absolute Gasteiger partial charge is 0.390 e. The fourth-order valence-corrected chi connectivity index (χ4v) is 1.80. The Morgan fingerprint density at radius 1 is 1.29 bits per heavy atom. The van der Waals surface area contributed by atoms with Crippen LogP contribution in [0.25, 0.3) is 0 Å². The second-order valence-corrected chi connectivity index (χ2v) is 3.91. The molecule has 0 saturated heterocycles. The minimum absolute atomic E-state index is 0.0219. The molecule has 3 nitrogen and oxygen atoms in total. The molecular weight excluding hydrogens is 212 g/mol. The minimum atomic E-state index is -0.0219. The fraction of sp³-hybridized carbons (Fsp3) is 0.214.